The number of carbonyl (C=O) groups is 3. The summed E-state index contributed by atoms with van der Waals surface area (Å²) in [6.07, 6.45) is 8.91. The minimum Gasteiger partial charge on any atom is -0.494 e. The van der Waals surface area contributed by atoms with Gasteiger partial charge in [-0.1, -0.05) is 36.4 Å². The van der Waals surface area contributed by atoms with E-state index in [0.29, 0.717) is 44.8 Å². The Morgan fingerprint density at radius 1 is 0.932 bits per heavy atom. The molecule has 0 aromatic heterocycles. The van der Waals surface area contributed by atoms with Crippen molar-refractivity contribution in [1.82, 2.24) is 4.90 Å². The summed E-state index contributed by atoms with van der Waals surface area (Å²) < 4.78 is 12.4. The van der Waals surface area contributed by atoms with Crippen molar-refractivity contribution < 1.29 is 29.0 Å². The fraction of sp³-hybridized carbons (Fsp3) is 0.457. The van der Waals surface area contributed by atoms with Crippen molar-refractivity contribution in [2.75, 3.05) is 42.6 Å². The van der Waals surface area contributed by atoms with Gasteiger partial charge in [-0.2, -0.15) is 0 Å². The Hall–Kier alpha value is -3.95. The lowest BCUT2D eigenvalue weighted by Gasteiger charge is -2.35. The van der Waals surface area contributed by atoms with Crippen molar-refractivity contribution in [3.05, 3.63) is 77.9 Å². The van der Waals surface area contributed by atoms with Gasteiger partial charge in [-0.3, -0.25) is 14.4 Å². The second kappa shape index (κ2) is 12.2. The van der Waals surface area contributed by atoms with Crippen LogP contribution < -0.4 is 14.5 Å². The smallest absolute Gasteiger partial charge is 0.253 e. The molecule has 0 bridgehead atoms. The zero-order valence-corrected chi connectivity index (χ0v) is 25.6. The van der Waals surface area contributed by atoms with Crippen molar-refractivity contribution in [1.29, 1.82) is 0 Å². The number of unbranched alkanes of at least 4 members (excludes halogenated alkanes) is 2. The van der Waals surface area contributed by atoms with E-state index >= 15 is 0 Å². The minimum absolute atomic E-state index is 0.0705. The Balaban J connectivity index is 1.39. The van der Waals surface area contributed by atoms with Crippen LogP contribution in [0, 0.1) is 25.7 Å². The predicted molar refractivity (Wildman–Crippen MR) is 168 cm³/mol. The third-order valence-corrected chi connectivity index (χ3v) is 9.33. The van der Waals surface area contributed by atoms with Gasteiger partial charge in [0.1, 0.15) is 17.4 Å². The normalized spacial score (nSPS) is 27.7. The molecule has 0 radical (unpaired) electrons. The number of amides is 3. The topological polar surface area (TPSA) is 99.6 Å². The molecule has 5 atom stereocenters. The lowest BCUT2D eigenvalue weighted by atomic mass is 9.77. The summed E-state index contributed by atoms with van der Waals surface area (Å²) in [5.41, 5.74) is 2.23. The van der Waals surface area contributed by atoms with Gasteiger partial charge in [0.25, 0.3) is 5.91 Å². The first-order valence-electron chi connectivity index (χ1n) is 15.7. The average Bonchev–Trinajstić information content (AvgIpc) is 3.32. The summed E-state index contributed by atoms with van der Waals surface area (Å²) in [4.78, 5) is 48.6. The maximum absolute atomic E-state index is 14.6. The third kappa shape index (κ3) is 5.02. The van der Waals surface area contributed by atoms with Crippen molar-refractivity contribution in [3.8, 4) is 5.75 Å². The first-order valence-corrected chi connectivity index (χ1v) is 15.7. The molecule has 2 saturated heterocycles. The molecule has 0 aliphatic carbocycles. The fourth-order valence-corrected chi connectivity index (χ4v) is 7.29. The molecule has 1 N–H and O–H groups in total. The number of anilines is 2. The predicted octanol–water partition coefficient (Wildman–Crippen LogP) is 3.95. The molecule has 2 fully saturated rings. The van der Waals surface area contributed by atoms with Crippen LogP contribution in [-0.4, -0.2) is 78.3 Å². The van der Waals surface area contributed by atoms with E-state index < -0.39 is 29.6 Å². The number of fused-ring (bicyclic) bond motifs is 2. The lowest BCUT2D eigenvalue weighted by Crippen LogP contribution is -2.55. The van der Waals surface area contributed by atoms with Crippen LogP contribution in [-0.2, 0) is 19.1 Å². The van der Waals surface area contributed by atoms with Crippen LogP contribution in [0.3, 0.4) is 0 Å². The second-order valence-corrected chi connectivity index (χ2v) is 12.1. The van der Waals surface area contributed by atoms with Gasteiger partial charge in [0.05, 0.1) is 24.5 Å². The Kier molecular flexibility index (Phi) is 8.35. The zero-order chi connectivity index (χ0) is 31.0. The van der Waals surface area contributed by atoms with Crippen LogP contribution in [0.15, 0.2) is 66.8 Å². The number of likely N-dealkylation sites (tertiary alicyclic amines) is 1. The average molecular weight is 600 g/mol. The SMILES string of the molecule is CCOc1ccc(N2CC=C[C@H]3O[C@]45C=CCN(c6cc(C)ccc6C)C(=O)C4N(CCCCCO)C(=O)[C@@H]5[C@H]3C2=O)cc1. The van der Waals surface area contributed by atoms with Gasteiger partial charge in [-0.15, -0.1) is 0 Å². The number of rotatable bonds is 9. The number of aliphatic hydroxyl groups is 1. The van der Waals surface area contributed by atoms with Gasteiger partial charge in [0.15, 0.2) is 0 Å². The van der Waals surface area contributed by atoms with Gasteiger partial charge in [-0.25, -0.2) is 0 Å². The van der Waals surface area contributed by atoms with Gasteiger partial charge >= 0.3 is 0 Å². The molecule has 4 heterocycles. The van der Waals surface area contributed by atoms with E-state index in [1.54, 1.807) is 14.7 Å². The van der Waals surface area contributed by atoms with Gasteiger partial charge in [0.2, 0.25) is 11.8 Å². The Morgan fingerprint density at radius 3 is 2.45 bits per heavy atom. The maximum Gasteiger partial charge on any atom is 0.253 e. The summed E-state index contributed by atoms with van der Waals surface area (Å²) in [7, 11) is 0. The van der Waals surface area contributed by atoms with E-state index in [-0.39, 0.29) is 24.3 Å². The van der Waals surface area contributed by atoms with Gasteiger partial charge in [-0.05, 0) is 81.5 Å². The van der Waals surface area contributed by atoms with Crippen molar-refractivity contribution in [2.24, 2.45) is 11.8 Å². The molecule has 2 aromatic carbocycles. The molecule has 0 saturated carbocycles. The largest absolute Gasteiger partial charge is 0.494 e. The van der Waals surface area contributed by atoms with Crippen LogP contribution in [0.25, 0.3) is 0 Å². The Bertz CT molecular complexity index is 1490. The summed E-state index contributed by atoms with van der Waals surface area (Å²) >= 11 is 0. The van der Waals surface area contributed by atoms with E-state index in [2.05, 4.69) is 0 Å². The first-order chi connectivity index (χ1) is 21.3. The number of ether oxygens (including phenoxy) is 2. The second-order valence-electron chi connectivity index (χ2n) is 12.1. The van der Waals surface area contributed by atoms with Crippen LogP contribution >= 0.6 is 0 Å². The van der Waals surface area contributed by atoms with Gasteiger partial charge in [0, 0.05) is 37.6 Å². The lowest BCUT2D eigenvalue weighted by molar-refractivity contribution is -0.140. The van der Waals surface area contributed by atoms with E-state index in [4.69, 9.17) is 9.47 Å². The van der Waals surface area contributed by atoms with E-state index in [0.717, 1.165) is 29.0 Å². The maximum atomic E-state index is 14.6. The van der Waals surface area contributed by atoms with E-state index in [1.165, 1.54) is 0 Å². The minimum atomic E-state index is -1.28. The first kappa shape index (κ1) is 30.1. The molecule has 6 rings (SSSR count). The van der Waals surface area contributed by atoms with E-state index in [1.807, 2.05) is 87.5 Å². The molecule has 9 heteroatoms. The molecule has 9 nitrogen and oxygen atoms in total. The Morgan fingerprint density at radius 2 is 1.70 bits per heavy atom. The summed E-state index contributed by atoms with van der Waals surface area (Å²) in [6.45, 7) is 7.53. The zero-order valence-electron chi connectivity index (χ0n) is 25.6. The molecule has 2 aromatic rings. The van der Waals surface area contributed by atoms with Crippen molar-refractivity contribution in [3.63, 3.8) is 0 Å². The van der Waals surface area contributed by atoms with Crippen molar-refractivity contribution >= 4 is 29.1 Å². The number of carbonyl (C=O) groups excluding carboxylic acids is 3. The number of aliphatic hydroxyl groups excluding tert-OH is 1. The standard InChI is InChI=1S/C35H41N3O6/c1-4-43-26-15-13-25(14-16-26)36-19-8-10-28-29(32(36)40)30-33(41)38(18-6-5-7-21-39)31-34(42)37(20-9-17-35(30,31)44-28)27-22-23(2)11-12-24(27)3/h8-17,22,28-31,39H,4-7,18-21H2,1-3H3/t28-,29+,30+,31?,35+/m1/s1. The molecular weight excluding hydrogens is 558 g/mol. The number of aryl methyl sites for hydroxylation is 2. The molecule has 3 amide bonds. The molecule has 1 spiro atoms. The van der Waals surface area contributed by atoms with Crippen LogP contribution in [0.4, 0.5) is 11.4 Å². The highest BCUT2D eigenvalue weighted by Gasteiger charge is 2.71. The third-order valence-electron chi connectivity index (χ3n) is 9.33. The fourth-order valence-electron chi connectivity index (χ4n) is 7.29. The van der Waals surface area contributed by atoms with Crippen LogP contribution in [0.1, 0.15) is 37.3 Å². The summed E-state index contributed by atoms with van der Waals surface area (Å²) in [5, 5.41) is 9.34. The molecule has 44 heavy (non-hydrogen) atoms. The molecular formula is C35H41N3O6. The monoisotopic (exact) mass is 599 g/mol. The molecule has 4 aliphatic rings. The molecule has 1 unspecified atom stereocenters. The number of nitrogens with zero attached hydrogens (tertiary/aromatic N) is 3. The summed E-state index contributed by atoms with van der Waals surface area (Å²) in [5.74, 6) is -1.56. The highest BCUT2D eigenvalue weighted by Crippen LogP contribution is 2.54. The molecule has 232 valence electrons. The number of hydrogen-bond donors (Lipinski definition) is 1. The van der Waals surface area contributed by atoms with Gasteiger partial charge < -0.3 is 29.3 Å². The Labute approximate surface area is 258 Å². The van der Waals surface area contributed by atoms with Crippen LogP contribution in [0.2, 0.25) is 0 Å². The highest BCUT2D eigenvalue weighted by atomic mass is 16.5. The van der Waals surface area contributed by atoms with E-state index in [9.17, 15) is 19.5 Å². The quantitative estimate of drug-likeness (QED) is 0.346. The van der Waals surface area contributed by atoms with Crippen molar-refractivity contribution in [2.45, 2.75) is 57.8 Å². The summed E-state index contributed by atoms with van der Waals surface area (Å²) in [6, 6.07) is 12.5. The molecule has 4 aliphatic heterocycles. The number of benzene rings is 2. The van der Waals surface area contributed by atoms with Crippen LogP contribution in [0.5, 0.6) is 5.75 Å². The number of hydrogen-bond acceptors (Lipinski definition) is 6. The highest BCUT2D eigenvalue weighted by molar-refractivity contribution is 6.07.